The fourth-order valence-electron chi connectivity index (χ4n) is 4.94. The van der Waals surface area contributed by atoms with Gasteiger partial charge in [-0.1, -0.05) is 35.9 Å². The Kier molecular flexibility index (Phi) is 2.72. The minimum atomic E-state index is -0.130. The molecule has 6 atom stereocenters. The smallest absolute Gasteiger partial charge is 0.235 e. The van der Waals surface area contributed by atoms with Gasteiger partial charge >= 0.3 is 0 Å². The molecule has 6 rings (SSSR count). The van der Waals surface area contributed by atoms with Gasteiger partial charge < -0.3 is 5.32 Å². The van der Waals surface area contributed by atoms with Gasteiger partial charge in [-0.3, -0.25) is 14.5 Å². The number of anilines is 1. The molecule has 0 spiro atoms. The van der Waals surface area contributed by atoms with E-state index in [1.807, 2.05) is 18.2 Å². The third-order valence-corrected chi connectivity index (χ3v) is 6.39. The Morgan fingerprint density at radius 3 is 2.26 bits per heavy atom. The van der Waals surface area contributed by atoms with Crippen molar-refractivity contribution in [3.05, 3.63) is 41.4 Å². The summed E-state index contributed by atoms with van der Waals surface area (Å²) in [5, 5.41) is 3.72. The molecule has 1 aliphatic heterocycles. The van der Waals surface area contributed by atoms with E-state index in [0.29, 0.717) is 16.9 Å². The van der Waals surface area contributed by atoms with E-state index in [0.717, 1.165) is 5.69 Å². The Labute approximate surface area is 139 Å². The Bertz CT molecular complexity index is 710. The second kappa shape index (κ2) is 4.60. The molecule has 0 unspecified atom stereocenters. The maximum absolute atomic E-state index is 12.8. The molecule has 2 bridgehead atoms. The molecule has 5 aliphatic rings. The number of imide groups is 1. The number of allylic oxidation sites excluding steroid dienone is 2. The van der Waals surface area contributed by atoms with Crippen molar-refractivity contribution in [2.45, 2.75) is 6.42 Å². The van der Waals surface area contributed by atoms with Crippen molar-refractivity contribution in [2.24, 2.45) is 35.5 Å². The van der Waals surface area contributed by atoms with Gasteiger partial charge in [-0.2, -0.15) is 0 Å². The van der Waals surface area contributed by atoms with Crippen molar-refractivity contribution in [1.29, 1.82) is 0 Å². The lowest BCUT2D eigenvalue weighted by Gasteiger charge is -2.37. The van der Waals surface area contributed by atoms with Crippen LogP contribution < -0.4 is 5.32 Å². The van der Waals surface area contributed by atoms with E-state index >= 15 is 0 Å². The third kappa shape index (κ3) is 1.78. The number of nitrogens with one attached hydrogen (secondary N) is 1. The summed E-state index contributed by atoms with van der Waals surface area (Å²) in [5.74, 6) is 1.55. The van der Waals surface area contributed by atoms with Gasteiger partial charge in [0.05, 0.1) is 29.2 Å². The Morgan fingerprint density at radius 1 is 1.04 bits per heavy atom. The lowest BCUT2D eigenvalue weighted by Crippen LogP contribution is -2.40. The molecule has 0 aromatic heterocycles. The summed E-state index contributed by atoms with van der Waals surface area (Å²) in [4.78, 5) is 27.0. The number of nitrogens with zero attached hydrogens (tertiary/aromatic N) is 1. The second-order valence-corrected chi connectivity index (χ2v) is 7.48. The van der Waals surface area contributed by atoms with Crippen LogP contribution >= 0.6 is 11.6 Å². The van der Waals surface area contributed by atoms with Crippen molar-refractivity contribution in [3.8, 4) is 0 Å². The zero-order chi connectivity index (χ0) is 15.7. The largest absolute Gasteiger partial charge is 0.366 e. The topological polar surface area (TPSA) is 49.4 Å². The minimum absolute atomic E-state index is 0.00995. The van der Waals surface area contributed by atoms with Gasteiger partial charge in [0.15, 0.2) is 0 Å². The maximum atomic E-state index is 12.8. The average Bonchev–Trinajstić information content (AvgIpc) is 3.33. The summed E-state index contributed by atoms with van der Waals surface area (Å²) in [7, 11) is 0. The van der Waals surface area contributed by atoms with E-state index in [2.05, 4.69) is 17.5 Å². The standard InChI is InChI=1S/C18H17ClN2O2/c19-13-3-1-2-4-14(13)20-8-21-17(22)15-9-5-6-10(12-7-11(9)12)16(15)18(21)23/h1-6,9-12,15-16,20H,7-8H2/t9-,10-,11-,12-,15+,16+/m0/s1. The summed E-state index contributed by atoms with van der Waals surface area (Å²) < 4.78 is 0. The van der Waals surface area contributed by atoms with Crippen LogP contribution in [-0.4, -0.2) is 23.4 Å². The number of hydrogen-bond donors (Lipinski definition) is 1. The highest BCUT2D eigenvalue weighted by atomic mass is 35.5. The Balaban J connectivity index is 1.38. The van der Waals surface area contributed by atoms with Gasteiger partial charge in [-0.25, -0.2) is 0 Å². The first-order chi connectivity index (χ1) is 11.2. The molecule has 23 heavy (non-hydrogen) atoms. The molecular weight excluding hydrogens is 312 g/mol. The number of carbonyl (C=O) groups is 2. The monoisotopic (exact) mass is 328 g/mol. The number of para-hydroxylation sites is 1. The predicted molar refractivity (Wildman–Crippen MR) is 86.5 cm³/mol. The zero-order valence-electron chi connectivity index (χ0n) is 12.5. The van der Waals surface area contributed by atoms with Crippen LogP contribution in [0.2, 0.25) is 5.02 Å². The molecule has 3 fully saturated rings. The van der Waals surface area contributed by atoms with E-state index in [1.165, 1.54) is 11.3 Å². The Hall–Kier alpha value is -1.81. The van der Waals surface area contributed by atoms with Crippen LogP contribution in [-0.2, 0) is 9.59 Å². The minimum Gasteiger partial charge on any atom is -0.366 e. The van der Waals surface area contributed by atoms with Crippen LogP contribution in [0.25, 0.3) is 0 Å². The first-order valence-corrected chi connectivity index (χ1v) is 8.56. The molecule has 1 aromatic rings. The van der Waals surface area contributed by atoms with E-state index in [9.17, 15) is 9.59 Å². The molecule has 2 saturated carbocycles. The predicted octanol–water partition coefficient (Wildman–Crippen LogP) is 2.76. The Morgan fingerprint density at radius 2 is 1.65 bits per heavy atom. The number of rotatable bonds is 3. The molecule has 4 nitrogen and oxygen atoms in total. The molecule has 5 heteroatoms. The van der Waals surface area contributed by atoms with E-state index in [4.69, 9.17) is 11.6 Å². The number of carbonyl (C=O) groups excluding carboxylic acids is 2. The summed E-state index contributed by atoms with van der Waals surface area (Å²) in [5.41, 5.74) is 0.744. The summed E-state index contributed by atoms with van der Waals surface area (Å²) in [6.45, 7) is 0.198. The molecule has 4 aliphatic carbocycles. The first-order valence-electron chi connectivity index (χ1n) is 8.19. The van der Waals surface area contributed by atoms with Crippen LogP contribution in [0.15, 0.2) is 36.4 Å². The fraction of sp³-hybridized carbons (Fsp3) is 0.444. The number of benzene rings is 1. The summed E-state index contributed by atoms with van der Waals surface area (Å²) >= 11 is 6.12. The first kappa shape index (κ1) is 13.6. The van der Waals surface area contributed by atoms with Crippen LogP contribution in [0.5, 0.6) is 0 Å². The normalized spacial score (nSPS) is 39.4. The molecule has 1 saturated heterocycles. The quantitative estimate of drug-likeness (QED) is 0.685. The molecule has 2 amide bonds. The van der Waals surface area contributed by atoms with Crippen molar-refractivity contribution >= 4 is 29.1 Å². The van der Waals surface area contributed by atoms with Crippen LogP contribution in [0, 0.1) is 35.5 Å². The van der Waals surface area contributed by atoms with Crippen molar-refractivity contribution in [3.63, 3.8) is 0 Å². The van der Waals surface area contributed by atoms with Gasteiger partial charge in [0.2, 0.25) is 11.8 Å². The van der Waals surface area contributed by atoms with Crippen LogP contribution in [0.1, 0.15) is 6.42 Å². The van der Waals surface area contributed by atoms with Gasteiger partial charge in [-0.15, -0.1) is 0 Å². The molecule has 1 N–H and O–H groups in total. The fourth-order valence-corrected chi connectivity index (χ4v) is 5.15. The molecular formula is C18H17ClN2O2. The van der Waals surface area contributed by atoms with E-state index in [-0.39, 0.29) is 42.2 Å². The lowest BCUT2D eigenvalue weighted by molar-refractivity contribution is -0.139. The number of hydrogen-bond acceptors (Lipinski definition) is 3. The number of amides is 2. The second-order valence-electron chi connectivity index (χ2n) is 7.07. The van der Waals surface area contributed by atoms with Gasteiger partial charge in [0.1, 0.15) is 0 Å². The van der Waals surface area contributed by atoms with Crippen molar-refractivity contribution < 1.29 is 9.59 Å². The van der Waals surface area contributed by atoms with E-state index in [1.54, 1.807) is 6.07 Å². The van der Waals surface area contributed by atoms with Gasteiger partial charge in [0, 0.05) is 0 Å². The van der Waals surface area contributed by atoms with Crippen molar-refractivity contribution in [1.82, 2.24) is 4.90 Å². The van der Waals surface area contributed by atoms with Crippen LogP contribution in [0.4, 0.5) is 5.69 Å². The SMILES string of the molecule is O=C1[C@@H]2[C@H]3C=C[C@@H]([C@@H]4C[C@@H]34)[C@H]2C(=O)N1CNc1ccccc1Cl. The summed E-state index contributed by atoms with van der Waals surface area (Å²) in [6, 6.07) is 7.36. The lowest BCUT2D eigenvalue weighted by atomic mass is 9.63. The highest BCUT2D eigenvalue weighted by Crippen LogP contribution is 2.65. The van der Waals surface area contributed by atoms with Crippen molar-refractivity contribution in [2.75, 3.05) is 12.0 Å². The van der Waals surface area contributed by atoms with E-state index < -0.39 is 0 Å². The third-order valence-electron chi connectivity index (χ3n) is 6.06. The maximum Gasteiger partial charge on any atom is 0.235 e. The zero-order valence-corrected chi connectivity index (χ0v) is 13.2. The number of halogens is 1. The number of likely N-dealkylation sites (tertiary alicyclic amines) is 1. The highest BCUT2D eigenvalue weighted by molar-refractivity contribution is 6.33. The van der Waals surface area contributed by atoms with Gasteiger partial charge in [0.25, 0.3) is 0 Å². The average molecular weight is 329 g/mol. The highest BCUT2D eigenvalue weighted by Gasteiger charge is 2.66. The van der Waals surface area contributed by atoms with Gasteiger partial charge in [-0.05, 0) is 42.2 Å². The summed E-state index contributed by atoms with van der Waals surface area (Å²) in [6.07, 6.45) is 5.57. The van der Waals surface area contributed by atoms with Crippen LogP contribution in [0.3, 0.4) is 0 Å². The molecule has 1 heterocycles. The molecule has 1 aromatic carbocycles. The molecule has 0 radical (unpaired) electrons. The molecule has 118 valence electrons.